The minimum absolute atomic E-state index is 0.585. The number of hydrogen-bond acceptors (Lipinski definition) is 4. The van der Waals surface area contributed by atoms with Gasteiger partial charge in [-0.05, 0) is 44.1 Å². The van der Waals surface area contributed by atoms with Gasteiger partial charge in [0.15, 0.2) is 0 Å². The van der Waals surface area contributed by atoms with Crippen LogP contribution in [0.2, 0.25) is 0 Å². The highest BCUT2D eigenvalue weighted by Crippen LogP contribution is 2.20. The van der Waals surface area contributed by atoms with Crippen molar-refractivity contribution in [3.63, 3.8) is 0 Å². The van der Waals surface area contributed by atoms with E-state index in [2.05, 4.69) is 23.3 Å². The van der Waals surface area contributed by atoms with E-state index in [0.29, 0.717) is 17.4 Å². The van der Waals surface area contributed by atoms with Crippen LogP contribution in [0.4, 0.5) is 0 Å². The molecule has 19 heavy (non-hydrogen) atoms. The molecule has 4 heteroatoms. The predicted octanol–water partition coefficient (Wildman–Crippen LogP) is 1.75. The first-order valence-electron chi connectivity index (χ1n) is 6.72. The first-order valence-corrected chi connectivity index (χ1v) is 6.72. The Kier molecular flexibility index (Phi) is 4.78. The second kappa shape index (κ2) is 6.55. The van der Waals surface area contributed by atoms with Crippen LogP contribution in [-0.2, 0) is 6.54 Å². The summed E-state index contributed by atoms with van der Waals surface area (Å²) in [6.07, 6.45) is 2.48. The molecule has 1 aromatic rings. The van der Waals surface area contributed by atoms with Gasteiger partial charge in [-0.15, -0.1) is 0 Å². The molecule has 0 bridgehead atoms. The summed E-state index contributed by atoms with van der Waals surface area (Å²) in [5, 5.41) is 12.5. The molecule has 0 spiro atoms. The van der Waals surface area contributed by atoms with Crippen LogP contribution in [0, 0.1) is 11.3 Å². The van der Waals surface area contributed by atoms with Crippen LogP contribution in [0.15, 0.2) is 18.2 Å². The van der Waals surface area contributed by atoms with Gasteiger partial charge in [-0.1, -0.05) is 6.07 Å². The number of rotatable bonds is 4. The number of methoxy groups -OCH3 is 1. The number of nitriles is 1. The molecule has 1 unspecified atom stereocenters. The van der Waals surface area contributed by atoms with E-state index in [1.54, 1.807) is 7.11 Å². The van der Waals surface area contributed by atoms with Crippen LogP contribution in [0.25, 0.3) is 0 Å². The maximum absolute atomic E-state index is 9.10. The van der Waals surface area contributed by atoms with Gasteiger partial charge < -0.3 is 10.1 Å². The van der Waals surface area contributed by atoms with Gasteiger partial charge in [-0.2, -0.15) is 5.26 Å². The predicted molar refractivity (Wildman–Crippen MR) is 75.1 cm³/mol. The molecule has 1 heterocycles. The molecule has 1 atom stereocenters. The lowest BCUT2D eigenvalue weighted by atomic mass is 10.0. The maximum Gasteiger partial charge on any atom is 0.136 e. The zero-order valence-electron chi connectivity index (χ0n) is 11.6. The Labute approximate surface area is 115 Å². The third-order valence-corrected chi connectivity index (χ3v) is 3.71. The molecule has 1 aliphatic heterocycles. The molecule has 0 radical (unpaired) electrons. The van der Waals surface area contributed by atoms with Crippen LogP contribution in [0.5, 0.6) is 5.75 Å². The molecule has 1 aromatic carbocycles. The Bertz CT molecular complexity index is 461. The van der Waals surface area contributed by atoms with Crippen LogP contribution < -0.4 is 10.1 Å². The summed E-state index contributed by atoms with van der Waals surface area (Å²) < 4.78 is 5.17. The summed E-state index contributed by atoms with van der Waals surface area (Å²) in [6, 6.07) is 8.60. The van der Waals surface area contributed by atoms with Crippen molar-refractivity contribution in [2.45, 2.75) is 25.4 Å². The summed E-state index contributed by atoms with van der Waals surface area (Å²) in [4.78, 5) is 2.36. The zero-order valence-corrected chi connectivity index (χ0v) is 11.6. The van der Waals surface area contributed by atoms with Gasteiger partial charge in [-0.3, -0.25) is 4.90 Å². The minimum atomic E-state index is 0.585. The molecule has 102 valence electrons. The fourth-order valence-corrected chi connectivity index (χ4v) is 2.57. The summed E-state index contributed by atoms with van der Waals surface area (Å²) in [5.74, 6) is 0.647. The molecule has 1 saturated heterocycles. The number of hydrogen-bond donors (Lipinski definition) is 1. The van der Waals surface area contributed by atoms with Crippen molar-refractivity contribution in [2.75, 3.05) is 27.2 Å². The number of likely N-dealkylation sites (N-methyl/N-ethyl adjacent to an activating group) is 1. The summed E-state index contributed by atoms with van der Waals surface area (Å²) in [5.41, 5.74) is 1.76. The van der Waals surface area contributed by atoms with Gasteiger partial charge in [0.25, 0.3) is 0 Å². The first kappa shape index (κ1) is 13.9. The molecule has 0 saturated carbocycles. The molecule has 1 N–H and O–H groups in total. The number of nitrogens with one attached hydrogen (secondary N) is 1. The number of piperidine rings is 1. The summed E-state index contributed by atoms with van der Waals surface area (Å²) >= 11 is 0. The van der Waals surface area contributed by atoms with Crippen molar-refractivity contribution in [3.05, 3.63) is 29.3 Å². The van der Waals surface area contributed by atoms with E-state index < -0.39 is 0 Å². The third kappa shape index (κ3) is 3.46. The van der Waals surface area contributed by atoms with Crippen LogP contribution in [-0.4, -0.2) is 38.2 Å². The second-order valence-electron chi connectivity index (χ2n) is 5.06. The molecule has 0 aliphatic carbocycles. The monoisotopic (exact) mass is 259 g/mol. The van der Waals surface area contributed by atoms with Crippen LogP contribution in [0.3, 0.4) is 0 Å². The van der Waals surface area contributed by atoms with E-state index in [9.17, 15) is 0 Å². The van der Waals surface area contributed by atoms with E-state index >= 15 is 0 Å². The Balaban J connectivity index is 2.04. The molecule has 0 aromatic heterocycles. The van der Waals surface area contributed by atoms with Crippen LogP contribution in [0.1, 0.15) is 24.0 Å². The minimum Gasteiger partial charge on any atom is -0.495 e. The fourth-order valence-electron chi connectivity index (χ4n) is 2.57. The fraction of sp³-hybridized carbons (Fsp3) is 0.533. The molecular formula is C15H21N3O. The molecule has 2 rings (SSSR count). The van der Waals surface area contributed by atoms with Gasteiger partial charge in [-0.25, -0.2) is 0 Å². The quantitative estimate of drug-likeness (QED) is 0.895. The van der Waals surface area contributed by atoms with Crippen molar-refractivity contribution >= 4 is 0 Å². The highest BCUT2D eigenvalue weighted by molar-refractivity contribution is 5.45. The van der Waals surface area contributed by atoms with E-state index in [1.165, 1.54) is 12.8 Å². The topological polar surface area (TPSA) is 48.3 Å². The average molecular weight is 259 g/mol. The van der Waals surface area contributed by atoms with Gasteiger partial charge in [0.05, 0.1) is 12.7 Å². The lowest BCUT2D eigenvalue weighted by Gasteiger charge is -2.31. The van der Waals surface area contributed by atoms with Gasteiger partial charge in [0, 0.05) is 19.1 Å². The number of nitrogens with zero attached hydrogens (tertiary/aromatic N) is 2. The normalized spacial score (nSPS) is 19.2. The molecule has 1 fully saturated rings. The van der Waals surface area contributed by atoms with Crippen molar-refractivity contribution in [1.29, 1.82) is 5.26 Å². The van der Waals surface area contributed by atoms with Crippen molar-refractivity contribution in [2.24, 2.45) is 0 Å². The summed E-state index contributed by atoms with van der Waals surface area (Å²) in [6.45, 7) is 3.05. The smallest absolute Gasteiger partial charge is 0.136 e. The number of benzene rings is 1. The van der Waals surface area contributed by atoms with Gasteiger partial charge in [0.2, 0.25) is 0 Å². The van der Waals surface area contributed by atoms with Crippen LogP contribution >= 0.6 is 0 Å². The van der Waals surface area contributed by atoms with E-state index in [-0.39, 0.29) is 0 Å². The summed E-state index contributed by atoms with van der Waals surface area (Å²) in [7, 11) is 3.74. The molecule has 1 aliphatic rings. The average Bonchev–Trinajstić information content (AvgIpc) is 2.48. The van der Waals surface area contributed by atoms with Crippen molar-refractivity contribution < 1.29 is 4.74 Å². The highest BCUT2D eigenvalue weighted by atomic mass is 16.5. The van der Waals surface area contributed by atoms with E-state index in [4.69, 9.17) is 10.00 Å². The Hall–Kier alpha value is -1.57. The molecule has 4 nitrogen and oxygen atoms in total. The van der Waals surface area contributed by atoms with Gasteiger partial charge in [0.1, 0.15) is 11.8 Å². The lowest BCUT2D eigenvalue weighted by molar-refractivity contribution is 0.196. The molecule has 0 amide bonds. The Morgan fingerprint density at radius 2 is 2.37 bits per heavy atom. The Morgan fingerprint density at radius 3 is 3.00 bits per heavy atom. The van der Waals surface area contributed by atoms with E-state index in [0.717, 1.165) is 25.2 Å². The number of ether oxygens (including phenoxy) is 1. The largest absolute Gasteiger partial charge is 0.495 e. The Morgan fingerprint density at radius 1 is 1.53 bits per heavy atom. The van der Waals surface area contributed by atoms with Crippen molar-refractivity contribution in [1.82, 2.24) is 10.2 Å². The first-order chi connectivity index (χ1) is 9.24. The second-order valence-corrected chi connectivity index (χ2v) is 5.06. The van der Waals surface area contributed by atoms with Gasteiger partial charge >= 0.3 is 0 Å². The van der Waals surface area contributed by atoms with E-state index in [1.807, 2.05) is 18.2 Å². The standard InChI is InChI=1S/C15H21N3O/c1-18(14-4-3-7-17-10-14)11-12-5-6-15(19-2)13(8-12)9-16/h5-6,8,14,17H,3-4,7,10-11H2,1-2H3. The molecular weight excluding hydrogens is 238 g/mol. The zero-order chi connectivity index (χ0) is 13.7. The van der Waals surface area contributed by atoms with Crippen molar-refractivity contribution in [3.8, 4) is 11.8 Å². The third-order valence-electron chi connectivity index (χ3n) is 3.71. The highest BCUT2D eigenvalue weighted by Gasteiger charge is 2.17. The lowest BCUT2D eigenvalue weighted by Crippen LogP contribution is -2.43. The SMILES string of the molecule is COc1ccc(CN(C)C2CCCNC2)cc1C#N. The maximum atomic E-state index is 9.10.